The molecule has 0 bridgehead atoms. The Balaban J connectivity index is 2.81. The molecule has 2 heterocycles. The molecule has 0 unspecified atom stereocenters. The molecule has 0 aliphatic rings. The van der Waals surface area contributed by atoms with Crippen molar-refractivity contribution in [2.45, 2.75) is 5.03 Å². The lowest BCUT2D eigenvalue weighted by atomic mass is 10.3. The van der Waals surface area contributed by atoms with Crippen LogP contribution in [0.15, 0.2) is 23.4 Å². The fourth-order valence-corrected chi connectivity index (χ4v) is 1.67. The maximum Gasteiger partial charge on any atom is 0.223 e. The van der Waals surface area contributed by atoms with Gasteiger partial charge in [0.05, 0.1) is 5.39 Å². The lowest BCUT2D eigenvalue weighted by molar-refractivity contribution is 1.10. The minimum absolute atomic E-state index is 0.274. The Morgan fingerprint density at radius 2 is 2.23 bits per heavy atom. The molecule has 66 valence electrons. The molecule has 5 heteroatoms. The predicted octanol–water partition coefficient (Wildman–Crippen LogP) is 1.33. The number of nitrogen functional groups attached to an aromatic ring is 1. The van der Waals surface area contributed by atoms with Gasteiger partial charge in [-0.15, -0.1) is 11.8 Å². The molecule has 2 aromatic heterocycles. The Hall–Kier alpha value is -1.36. The number of hydrogen-bond donors (Lipinski definition) is 1. The second-order valence-electron chi connectivity index (χ2n) is 2.47. The van der Waals surface area contributed by atoms with Gasteiger partial charge in [0.25, 0.3) is 0 Å². The van der Waals surface area contributed by atoms with Crippen molar-refractivity contribution >= 4 is 28.7 Å². The molecule has 0 atom stereocenters. The van der Waals surface area contributed by atoms with Gasteiger partial charge in [-0.1, -0.05) is 0 Å². The number of thioether (sulfide) groups is 1. The molecule has 0 aromatic carbocycles. The zero-order valence-corrected chi connectivity index (χ0v) is 7.88. The van der Waals surface area contributed by atoms with Crippen LogP contribution in [0.25, 0.3) is 11.0 Å². The van der Waals surface area contributed by atoms with Crippen LogP contribution in [0.5, 0.6) is 0 Å². The van der Waals surface area contributed by atoms with Crippen molar-refractivity contribution in [1.82, 2.24) is 15.0 Å². The third-order valence-corrected chi connectivity index (χ3v) is 2.34. The van der Waals surface area contributed by atoms with Gasteiger partial charge < -0.3 is 5.73 Å². The highest BCUT2D eigenvalue weighted by molar-refractivity contribution is 7.98. The summed E-state index contributed by atoms with van der Waals surface area (Å²) < 4.78 is 0. The molecule has 2 rings (SSSR count). The van der Waals surface area contributed by atoms with Crippen molar-refractivity contribution in [3.63, 3.8) is 0 Å². The standard InChI is InChI=1S/C8H8N4S/c1-13-7-5-3-2-4-10-6(5)11-8(9)12-7/h2-4H,1H3,(H2,9,10,11,12). The zero-order valence-electron chi connectivity index (χ0n) is 7.06. The Morgan fingerprint density at radius 1 is 1.38 bits per heavy atom. The zero-order chi connectivity index (χ0) is 9.26. The van der Waals surface area contributed by atoms with E-state index in [0.717, 1.165) is 10.4 Å². The molecule has 4 nitrogen and oxygen atoms in total. The molecule has 0 aliphatic heterocycles. The van der Waals surface area contributed by atoms with Crippen molar-refractivity contribution in [1.29, 1.82) is 0 Å². The molecule has 2 N–H and O–H groups in total. The molecule has 0 spiro atoms. The van der Waals surface area contributed by atoms with Gasteiger partial charge in [-0.05, 0) is 18.4 Å². The first kappa shape index (κ1) is 8.25. The molecule has 13 heavy (non-hydrogen) atoms. The number of hydrogen-bond acceptors (Lipinski definition) is 5. The van der Waals surface area contributed by atoms with Crippen LogP contribution in [-0.4, -0.2) is 21.2 Å². The van der Waals surface area contributed by atoms with E-state index in [1.54, 1.807) is 18.0 Å². The van der Waals surface area contributed by atoms with Gasteiger partial charge in [0, 0.05) is 6.20 Å². The SMILES string of the molecule is CSc1nc(N)nc2ncccc12. The predicted molar refractivity (Wildman–Crippen MR) is 53.5 cm³/mol. The van der Waals surface area contributed by atoms with E-state index >= 15 is 0 Å². The summed E-state index contributed by atoms with van der Waals surface area (Å²) in [5.74, 6) is 0.274. The Bertz CT molecular complexity index is 443. The second-order valence-corrected chi connectivity index (χ2v) is 3.26. The van der Waals surface area contributed by atoms with Gasteiger partial charge >= 0.3 is 0 Å². The Morgan fingerprint density at radius 3 is 3.00 bits per heavy atom. The highest BCUT2D eigenvalue weighted by Crippen LogP contribution is 2.21. The summed E-state index contributed by atoms with van der Waals surface area (Å²) in [6.07, 6.45) is 3.65. The summed E-state index contributed by atoms with van der Waals surface area (Å²) in [4.78, 5) is 12.2. The monoisotopic (exact) mass is 192 g/mol. The van der Waals surface area contributed by atoms with Gasteiger partial charge in [0.1, 0.15) is 5.03 Å². The number of nitrogens with zero attached hydrogens (tertiary/aromatic N) is 3. The number of nitrogens with two attached hydrogens (primary N) is 1. The minimum Gasteiger partial charge on any atom is -0.368 e. The van der Waals surface area contributed by atoms with Crippen LogP contribution >= 0.6 is 11.8 Å². The van der Waals surface area contributed by atoms with E-state index < -0.39 is 0 Å². The number of pyridine rings is 1. The Labute approximate surface area is 79.6 Å². The van der Waals surface area contributed by atoms with E-state index in [0.29, 0.717) is 5.65 Å². The summed E-state index contributed by atoms with van der Waals surface area (Å²) >= 11 is 1.54. The minimum atomic E-state index is 0.274. The average molecular weight is 192 g/mol. The van der Waals surface area contributed by atoms with Gasteiger partial charge in [-0.2, -0.15) is 4.98 Å². The lowest BCUT2D eigenvalue weighted by Gasteiger charge is -2.01. The molecule has 2 aromatic rings. The van der Waals surface area contributed by atoms with E-state index in [1.807, 2.05) is 18.4 Å². The molecule has 0 amide bonds. The molecule has 0 aliphatic carbocycles. The highest BCUT2D eigenvalue weighted by atomic mass is 32.2. The summed E-state index contributed by atoms with van der Waals surface area (Å²) in [5, 5.41) is 1.82. The van der Waals surface area contributed by atoms with Crippen molar-refractivity contribution in [3.05, 3.63) is 18.3 Å². The molecular weight excluding hydrogens is 184 g/mol. The van der Waals surface area contributed by atoms with E-state index in [9.17, 15) is 0 Å². The number of aromatic nitrogens is 3. The largest absolute Gasteiger partial charge is 0.368 e. The van der Waals surface area contributed by atoms with Crippen LogP contribution in [0.3, 0.4) is 0 Å². The number of fused-ring (bicyclic) bond motifs is 1. The lowest BCUT2D eigenvalue weighted by Crippen LogP contribution is -1.97. The number of anilines is 1. The maximum absolute atomic E-state index is 5.52. The maximum atomic E-state index is 5.52. The van der Waals surface area contributed by atoms with Gasteiger partial charge in [-0.25, -0.2) is 9.97 Å². The summed E-state index contributed by atoms with van der Waals surface area (Å²) in [6, 6.07) is 3.80. The smallest absolute Gasteiger partial charge is 0.223 e. The van der Waals surface area contributed by atoms with Gasteiger partial charge in [-0.3, -0.25) is 0 Å². The van der Waals surface area contributed by atoms with E-state index in [4.69, 9.17) is 5.73 Å². The summed E-state index contributed by atoms with van der Waals surface area (Å²) in [5.41, 5.74) is 6.18. The molecule has 0 saturated heterocycles. The molecule has 0 radical (unpaired) electrons. The van der Waals surface area contributed by atoms with Crippen LogP contribution in [0.2, 0.25) is 0 Å². The van der Waals surface area contributed by atoms with Crippen molar-refractivity contribution in [2.75, 3.05) is 12.0 Å². The van der Waals surface area contributed by atoms with Crippen LogP contribution < -0.4 is 5.73 Å². The average Bonchev–Trinajstić information content (AvgIpc) is 2.16. The first-order valence-corrected chi connectivity index (χ1v) is 4.96. The third-order valence-electron chi connectivity index (χ3n) is 1.65. The van der Waals surface area contributed by atoms with Crippen LogP contribution in [0.1, 0.15) is 0 Å². The number of rotatable bonds is 1. The fraction of sp³-hybridized carbons (Fsp3) is 0.125. The van der Waals surface area contributed by atoms with E-state index in [-0.39, 0.29) is 5.95 Å². The molecular formula is C8H8N4S. The summed E-state index contributed by atoms with van der Waals surface area (Å²) in [7, 11) is 0. The van der Waals surface area contributed by atoms with Crippen LogP contribution in [-0.2, 0) is 0 Å². The molecule has 0 saturated carbocycles. The Kier molecular flexibility index (Phi) is 2.02. The molecule has 0 fully saturated rings. The quantitative estimate of drug-likeness (QED) is 0.545. The first-order valence-electron chi connectivity index (χ1n) is 3.73. The second kappa shape index (κ2) is 3.18. The fourth-order valence-electron chi connectivity index (χ4n) is 1.11. The highest BCUT2D eigenvalue weighted by Gasteiger charge is 2.04. The van der Waals surface area contributed by atoms with Crippen LogP contribution in [0.4, 0.5) is 5.95 Å². The first-order chi connectivity index (χ1) is 6.31. The van der Waals surface area contributed by atoms with E-state index in [1.165, 1.54) is 0 Å². The van der Waals surface area contributed by atoms with Gasteiger partial charge in [0.2, 0.25) is 5.95 Å². The van der Waals surface area contributed by atoms with E-state index in [2.05, 4.69) is 15.0 Å². The van der Waals surface area contributed by atoms with Crippen molar-refractivity contribution in [2.24, 2.45) is 0 Å². The van der Waals surface area contributed by atoms with Gasteiger partial charge in [0.15, 0.2) is 5.65 Å². The normalized spacial score (nSPS) is 10.5. The topological polar surface area (TPSA) is 64.7 Å². The van der Waals surface area contributed by atoms with Crippen LogP contribution in [0, 0.1) is 0 Å². The van der Waals surface area contributed by atoms with Crippen molar-refractivity contribution < 1.29 is 0 Å². The third kappa shape index (κ3) is 1.42. The summed E-state index contributed by atoms with van der Waals surface area (Å²) in [6.45, 7) is 0. The van der Waals surface area contributed by atoms with Crippen molar-refractivity contribution in [3.8, 4) is 0 Å².